The summed E-state index contributed by atoms with van der Waals surface area (Å²) in [4.78, 5) is 0. The van der Waals surface area contributed by atoms with Crippen molar-refractivity contribution in [3.8, 4) is 16.9 Å². The number of rotatable bonds is 8. The van der Waals surface area contributed by atoms with Gasteiger partial charge in [-0.1, -0.05) is 61.9 Å². The lowest BCUT2D eigenvalue weighted by Gasteiger charge is -2.27. The molecule has 0 saturated heterocycles. The monoisotopic (exact) mass is 464 g/mol. The normalized spacial score (nSPS) is 18.0. The van der Waals surface area contributed by atoms with Gasteiger partial charge in [0.05, 0.1) is 0 Å². The predicted octanol–water partition coefficient (Wildman–Crippen LogP) is 8.76. The number of ether oxygens (including phenoxy) is 1. The molecule has 0 bridgehead atoms. The van der Waals surface area contributed by atoms with Crippen LogP contribution in [0.25, 0.3) is 11.1 Å². The van der Waals surface area contributed by atoms with Crippen LogP contribution in [0.15, 0.2) is 67.3 Å². The van der Waals surface area contributed by atoms with Crippen LogP contribution in [0.4, 0.5) is 13.2 Å². The second kappa shape index (κ2) is 10.9. The van der Waals surface area contributed by atoms with Crippen LogP contribution < -0.4 is 4.74 Å². The summed E-state index contributed by atoms with van der Waals surface area (Å²) in [6.45, 7) is 6.05. The lowest BCUT2D eigenvalue weighted by atomic mass is 9.79. The highest BCUT2D eigenvalue weighted by molar-refractivity contribution is 5.65. The largest absolute Gasteiger partial charge is 0.486 e. The number of halogens is 3. The lowest BCUT2D eigenvalue weighted by molar-refractivity contribution is 0.290. The Morgan fingerprint density at radius 3 is 2.29 bits per heavy atom. The number of hydrogen-bond acceptors (Lipinski definition) is 1. The first kappa shape index (κ1) is 24.1. The fourth-order valence-electron chi connectivity index (χ4n) is 4.80. The van der Waals surface area contributed by atoms with Gasteiger partial charge >= 0.3 is 0 Å². The van der Waals surface area contributed by atoms with E-state index in [0.29, 0.717) is 23.8 Å². The van der Waals surface area contributed by atoms with Crippen LogP contribution in [0.2, 0.25) is 0 Å². The Kier molecular flexibility index (Phi) is 7.77. The molecule has 178 valence electrons. The summed E-state index contributed by atoms with van der Waals surface area (Å²) in [7, 11) is 0. The highest BCUT2D eigenvalue weighted by Crippen LogP contribution is 2.36. The van der Waals surface area contributed by atoms with E-state index in [9.17, 15) is 13.2 Å². The van der Waals surface area contributed by atoms with Gasteiger partial charge in [-0.2, -0.15) is 0 Å². The highest BCUT2D eigenvalue weighted by atomic mass is 19.2. The third-order valence-corrected chi connectivity index (χ3v) is 6.88. The second-order valence-corrected chi connectivity index (χ2v) is 9.17. The zero-order chi connectivity index (χ0) is 24.1. The van der Waals surface area contributed by atoms with Gasteiger partial charge in [0.25, 0.3) is 0 Å². The quantitative estimate of drug-likeness (QED) is 0.303. The van der Waals surface area contributed by atoms with Gasteiger partial charge in [-0.05, 0) is 78.3 Å². The average Bonchev–Trinajstić information content (AvgIpc) is 2.87. The summed E-state index contributed by atoms with van der Waals surface area (Å²) < 4.78 is 49.2. The molecule has 1 nitrogen and oxygen atoms in total. The molecule has 0 N–H and O–H groups in total. The maximum Gasteiger partial charge on any atom is 0.166 e. The Bertz CT molecular complexity index is 1130. The predicted molar refractivity (Wildman–Crippen MR) is 131 cm³/mol. The lowest BCUT2D eigenvalue weighted by Crippen LogP contribution is -2.11. The topological polar surface area (TPSA) is 9.23 Å². The number of allylic oxidation sites excluding steroid dienone is 1. The van der Waals surface area contributed by atoms with Gasteiger partial charge in [0.15, 0.2) is 23.2 Å². The molecule has 1 fully saturated rings. The summed E-state index contributed by atoms with van der Waals surface area (Å²) in [5, 5.41) is 0. The van der Waals surface area contributed by atoms with Gasteiger partial charge < -0.3 is 4.74 Å². The number of benzene rings is 3. The number of hydrogen-bond donors (Lipinski definition) is 0. The first-order chi connectivity index (χ1) is 16.5. The van der Waals surface area contributed by atoms with Gasteiger partial charge in [0.1, 0.15) is 6.61 Å². The summed E-state index contributed by atoms with van der Waals surface area (Å²) in [6, 6.07) is 15.6. The molecule has 3 aromatic carbocycles. The summed E-state index contributed by atoms with van der Waals surface area (Å²) in [6.07, 6.45) is 7.98. The van der Waals surface area contributed by atoms with Crippen LogP contribution in [-0.2, 0) is 13.0 Å². The molecule has 3 aromatic rings. The van der Waals surface area contributed by atoms with Crippen molar-refractivity contribution in [1.82, 2.24) is 0 Å². The van der Waals surface area contributed by atoms with Crippen molar-refractivity contribution < 1.29 is 17.9 Å². The third-order valence-electron chi connectivity index (χ3n) is 6.88. The van der Waals surface area contributed by atoms with E-state index in [4.69, 9.17) is 4.74 Å². The van der Waals surface area contributed by atoms with E-state index < -0.39 is 17.5 Å². The molecule has 34 heavy (non-hydrogen) atoms. The smallest absolute Gasteiger partial charge is 0.166 e. The standard InChI is InChI=1S/C30H31F3O/c1-3-5-24-14-16-26(30(33)29(24)32)25-15-17-28(27(31)18-25)34-19-21-8-12-23(13-9-21)22-10-6-20(4-2)7-11-22/h4,8-9,12-18,20,22H,2-3,5-7,10-11,19H2,1H3. The summed E-state index contributed by atoms with van der Waals surface area (Å²) >= 11 is 0. The molecule has 0 atom stereocenters. The van der Waals surface area contributed by atoms with Gasteiger partial charge in [0.2, 0.25) is 0 Å². The molecule has 1 aliphatic rings. The Morgan fingerprint density at radius 1 is 0.912 bits per heavy atom. The fraction of sp³-hybridized carbons (Fsp3) is 0.333. The van der Waals surface area contributed by atoms with Crippen LogP contribution in [0.3, 0.4) is 0 Å². The fourth-order valence-corrected chi connectivity index (χ4v) is 4.80. The van der Waals surface area contributed by atoms with E-state index >= 15 is 0 Å². The SMILES string of the molecule is C=CC1CCC(c2ccc(COc3ccc(-c4ccc(CCC)c(F)c4F)cc3F)cc2)CC1. The van der Waals surface area contributed by atoms with E-state index in [1.54, 1.807) is 12.1 Å². The average molecular weight is 465 g/mol. The zero-order valence-electron chi connectivity index (χ0n) is 19.6. The van der Waals surface area contributed by atoms with E-state index in [0.717, 1.165) is 12.0 Å². The summed E-state index contributed by atoms with van der Waals surface area (Å²) in [5.41, 5.74) is 2.94. The highest BCUT2D eigenvalue weighted by Gasteiger charge is 2.20. The van der Waals surface area contributed by atoms with E-state index in [1.807, 2.05) is 19.1 Å². The van der Waals surface area contributed by atoms with Gasteiger partial charge in [-0.15, -0.1) is 6.58 Å². The maximum absolute atomic E-state index is 14.7. The van der Waals surface area contributed by atoms with Crippen LogP contribution in [0.5, 0.6) is 5.75 Å². The van der Waals surface area contributed by atoms with Crippen molar-refractivity contribution in [3.63, 3.8) is 0 Å². The Labute approximate surface area is 200 Å². The van der Waals surface area contributed by atoms with Crippen LogP contribution in [-0.4, -0.2) is 0 Å². The molecule has 0 aromatic heterocycles. The molecule has 4 rings (SSSR count). The van der Waals surface area contributed by atoms with Crippen molar-refractivity contribution >= 4 is 0 Å². The molecule has 4 heteroatoms. The minimum atomic E-state index is -0.947. The minimum Gasteiger partial charge on any atom is -0.486 e. The van der Waals surface area contributed by atoms with Crippen molar-refractivity contribution in [2.75, 3.05) is 0 Å². The minimum absolute atomic E-state index is 0.0421. The molecule has 0 amide bonds. The van der Waals surface area contributed by atoms with Crippen molar-refractivity contribution in [1.29, 1.82) is 0 Å². The Hall–Kier alpha value is -3.01. The van der Waals surface area contributed by atoms with Gasteiger partial charge in [0, 0.05) is 5.56 Å². The molecule has 0 aliphatic heterocycles. The molecule has 0 unspecified atom stereocenters. The van der Waals surface area contributed by atoms with Crippen LogP contribution in [0, 0.1) is 23.4 Å². The van der Waals surface area contributed by atoms with E-state index in [-0.39, 0.29) is 23.5 Å². The molecule has 0 spiro atoms. The molecular formula is C30H31F3O. The first-order valence-electron chi connectivity index (χ1n) is 12.1. The Balaban J connectivity index is 1.40. The Morgan fingerprint density at radius 2 is 1.65 bits per heavy atom. The van der Waals surface area contributed by atoms with Crippen molar-refractivity contribution in [3.05, 3.63) is 101 Å². The van der Waals surface area contributed by atoms with Gasteiger partial charge in [-0.3, -0.25) is 0 Å². The second-order valence-electron chi connectivity index (χ2n) is 9.17. The zero-order valence-corrected chi connectivity index (χ0v) is 19.6. The molecule has 1 saturated carbocycles. The third kappa shape index (κ3) is 5.38. The maximum atomic E-state index is 14.7. The molecule has 0 heterocycles. The summed E-state index contributed by atoms with van der Waals surface area (Å²) in [5.74, 6) is -1.11. The molecule has 0 radical (unpaired) electrons. The van der Waals surface area contributed by atoms with Gasteiger partial charge in [-0.25, -0.2) is 13.2 Å². The molecular weight excluding hydrogens is 433 g/mol. The van der Waals surface area contributed by atoms with E-state index in [1.165, 1.54) is 49.4 Å². The van der Waals surface area contributed by atoms with E-state index in [2.05, 4.69) is 24.8 Å². The van der Waals surface area contributed by atoms with Crippen LogP contribution >= 0.6 is 0 Å². The van der Waals surface area contributed by atoms with Crippen molar-refractivity contribution in [2.45, 2.75) is 58.0 Å². The molecule has 1 aliphatic carbocycles. The first-order valence-corrected chi connectivity index (χ1v) is 12.1. The number of aryl methyl sites for hydroxylation is 1. The van der Waals surface area contributed by atoms with Crippen LogP contribution in [0.1, 0.15) is 61.6 Å². The van der Waals surface area contributed by atoms with Crippen molar-refractivity contribution in [2.24, 2.45) is 5.92 Å².